The SMILES string of the molecule is COc1ccc(C(=O)CSc2nnnn2C(C)(C)C)cc1Br. The van der Waals surface area contributed by atoms with Crippen LogP contribution in [0.4, 0.5) is 0 Å². The summed E-state index contributed by atoms with van der Waals surface area (Å²) in [6.07, 6.45) is 0. The van der Waals surface area contributed by atoms with Gasteiger partial charge in [-0.1, -0.05) is 11.8 Å². The maximum Gasteiger partial charge on any atom is 0.210 e. The van der Waals surface area contributed by atoms with Gasteiger partial charge in [0.1, 0.15) is 5.75 Å². The van der Waals surface area contributed by atoms with Crippen molar-refractivity contribution in [3.63, 3.8) is 0 Å². The molecule has 0 saturated heterocycles. The lowest BCUT2D eigenvalue weighted by Gasteiger charge is -2.19. The number of aromatic nitrogens is 4. The molecule has 0 amide bonds. The fourth-order valence-electron chi connectivity index (χ4n) is 1.74. The monoisotopic (exact) mass is 384 g/mol. The molecule has 1 heterocycles. The van der Waals surface area contributed by atoms with Crippen LogP contribution in [-0.4, -0.2) is 38.9 Å². The highest BCUT2D eigenvalue weighted by Crippen LogP contribution is 2.27. The molecule has 1 aromatic heterocycles. The molecule has 0 aliphatic carbocycles. The second-order valence-electron chi connectivity index (χ2n) is 5.61. The molecule has 1 aromatic carbocycles. The normalized spacial score (nSPS) is 11.5. The summed E-state index contributed by atoms with van der Waals surface area (Å²) in [7, 11) is 1.59. The molecule has 22 heavy (non-hydrogen) atoms. The van der Waals surface area contributed by atoms with Crippen LogP contribution in [0.15, 0.2) is 27.8 Å². The van der Waals surface area contributed by atoms with Gasteiger partial charge in [0, 0.05) is 5.56 Å². The van der Waals surface area contributed by atoms with Gasteiger partial charge in [0.25, 0.3) is 0 Å². The summed E-state index contributed by atoms with van der Waals surface area (Å²) in [6, 6.07) is 5.27. The second-order valence-corrected chi connectivity index (χ2v) is 7.40. The highest BCUT2D eigenvalue weighted by Gasteiger charge is 2.21. The summed E-state index contributed by atoms with van der Waals surface area (Å²) < 4.78 is 7.63. The molecule has 0 spiro atoms. The highest BCUT2D eigenvalue weighted by molar-refractivity contribution is 9.10. The molecule has 0 aliphatic heterocycles. The molecule has 0 N–H and O–H groups in total. The van der Waals surface area contributed by atoms with Crippen molar-refractivity contribution >= 4 is 33.5 Å². The molecule has 118 valence electrons. The molecule has 0 unspecified atom stereocenters. The first-order valence-electron chi connectivity index (χ1n) is 6.61. The molecule has 2 aromatic rings. The van der Waals surface area contributed by atoms with Crippen molar-refractivity contribution in [2.45, 2.75) is 31.5 Å². The Morgan fingerprint density at radius 2 is 2.14 bits per heavy atom. The number of thioether (sulfide) groups is 1. The molecule has 2 rings (SSSR count). The lowest BCUT2D eigenvalue weighted by atomic mass is 10.1. The van der Waals surface area contributed by atoms with Gasteiger partial charge in [0.2, 0.25) is 5.16 Å². The van der Waals surface area contributed by atoms with Gasteiger partial charge >= 0.3 is 0 Å². The highest BCUT2D eigenvalue weighted by atomic mass is 79.9. The largest absolute Gasteiger partial charge is 0.496 e. The van der Waals surface area contributed by atoms with Crippen molar-refractivity contribution in [1.82, 2.24) is 20.2 Å². The molecule has 8 heteroatoms. The van der Waals surface area contributed by atoms with Gasteiger partial charge in [-0.2, -0.15) is 0 Å². The molecule has 0 radical (unpaired) electrons. The number of Topliss-reactive ketones (excluding diaryl/α,β-unsaturated/α-hetero) is 1. The van der Waals surface area contributed by atoms with Crippen LogP contribution in [0.2, 0.25) is 0 Å². The minimum Gasteiger partial charge on any atom is -0.496 e. The molecule has 6 nitrogen and oxygen atoms in total. The van der Waals surface area contributed by atoms with E-state index in [0.29, 0.717) is 16.5 Å². The summed E-state index contributed by atoms with van der Waals surface area (Å²) in [6.45, 7) is 6.03. The first-order valence-corrected chi connectivity index (χ1v) is 8.39. The molecule has 0 saturated carbocycles. The Kier molecular flexibility index (Phi) is 5.23. The van der Waals surface area contributed by atoms with E-state index in [1.165, 1.54) is 11.8 Å². The second kappa shape index (κ2) is 6.78. The van der Waals surface area contributed by atoms with E-state index < -0.39 is 0 Å². The maximum absolute atomic E-state index is 12.3. The summed E-state index contributed by atoms with van der Waals surface area (Å²) in [5, 5.41) is 12.3. The number of hydrogen-bond donors (Lipinski definition) is 0. The molecule has 0 aliphatic rings. The number of carbonyl (C=O) groups is 1. The zero-order chi connectivity index (χ0) is 16.3. The van der Waals surface area contributed by atoms with Gasteiger partial charge in [-0.05, 0) is 65.3 Å². The molecule has 0 bridgehead atoms. The van der Waals surface area contributed by atoms with Crippen LogP contribution >= 0.6 is 27.7 Å². The van der Waals surface area contributed by atoms with Crippen LogP contribution in [-0.2, 0) is 5.54 Å². The van der Waals surface area contributed by atoms with Crippen molar-refractivity contribution in [3.05, 3.63) is 28.2 Å². The third-order valence-corrected chi connectivity index (χ3v) is 4.42. The average Bonchev–Trinajstić information content (AvgIpc) is 2.93. The zero-order valence-electron chi connectivity index (χ0n) is 12.8. The van der Waals surface area contributed by atoms with E-state index in [2.05, 4.69) is 31.5 Å². The topological polar surface area (TPSA) is 69.9 Å². The summed E-state index contributed by atoms with van der Waals surface area (Å²) >= 11 is 4.71. The van der Waals surface area contributed by atoms with Crippen LogP contribution in [0, 0.1) is 0 Å². The minimum absolute atomic E-state index is 0.0109. The molecule has 0 fully saturated rings. The van der Waals surface area contributed by atoms with Gasteiger partial charge in [-0.3, -0.25) is 4.79 Å². The van der Waals surface area contributed by atoms with Gasteiger partial charge in [-0.25, -0.2) is 4.68 Å². The van der Waals surface area contributed by atoms with E-state index in [-0.39, 0.29) is 17.1 Å². The van der Waals surface area contributed by atoms with Crippen LogP contribution in [0.25, 0.3) is 0 Å². The van der Waals surface area contributed by atoms with Gasteiger partial charge in [-0.15, -0.1) is 5.10 Å². The predicted molar refractivity (Wildman–Crippen MR) is 88.6 cm³/mol. The number of rotatable bonds is 5. The summed E-state index contributed by atoms with van der Waals surface area (Å²) in [4.78, 5) is 12.3. The van der Waals surface area contributed by atoms with Crippen LogP contribution < -0.4 is 4.74 Å². The lowest BCUT2D eigenvalue weighted by Crippen LogP contribution is -2.24. The van der Waals surface area contributed by atoms with E-state index in [9.17, 15) is 4.79 Å². The fourth-order valence-corrected chi connectivity index (χ4v) is 3.24. The van der Waals surface area contributed by atoms with Gasteiger partial charge in [0.15, 0.2) is 5.78 Å². The number of halogens is 1. The van der Waals surface area contributed by atoms with Gasteiger partial charge < -0.3 is 4.74 Å². The number of benzene rings is 1. The first kappa shape index (κ1) is 17.0. The van der Waals surface area contributed by atoms with E-state index in [0.717, 1.165) is 4.47 Å². The molecular weight excluding hydrogens is 368 g/mol. The van der Waals surface area contributed by atoms with Crippen molar-refractivity contribution in [1.29, 1.82) is 0 Å². The summed E-state index contributed by atoms with van der Waals surface area (Å²) in [5.41, 5.74) is 0.396. The smallest absolute Gasteiger partial charge is 0.210 e. The zero-order valence-corrected chi connectivity index (χ0v) is 15.2. The summed E-state index contributed by atoms with van der Waals surface area (Å²) in [5.74, 6) is 0.979. The predicted octanol–water partition coefficient (Wildman–Crippen LogP) is 3.17. The number of tetrazole rings is 1. The number of nitrogens with zero attached hydrogens (tertiary/aromatic N) is 4. The third kappa shape index (κ3) is 3.86. The molecule has 0 atom stereocenters. The molecular formula is C14H17BrN4O2S. The first-order chi connectivity index (χ1) is 10.3. The van der Waals surface area contributed by atoms with E-state index >= 15 is 0 Å². The van der Waals surface area contributed by atoms with Crippen LogP contribution in [0.5, 0.6) is 5.75 Å². The van der Waals surface area contributed by atoms with Crippen LogP contribution in [0.3, 0.4) is 0 Å². The Hall–Kier alpha value is -1.41. The Labute approximate surface area is 141 Å². The minimum atomic E-state index is -0.224. The lowest BCUT2D eigenvalue weighted by molar-refractivity contribution is 0.102. The fraction of sp³-hybridized carbons (Fsp3) is 0.429. The third-order valence-electron chi connectivity index (χ3n) is 2.88. The van der Waals surface area contributed by atoms with Crippen molar-refractivity contribution in [3.8, 4) is 5.75 Å². The van der Waals surface area contributed by atoms with Crippen molar-refractivity contribution in [2.24, 2.45) is 0 Å². The maximum atomic E-state index is 12.3. The quantitative estimate of drug-likeness (QED) is 0.582. The van der Waals surface area contributed by atoms with Crippen molar-refractivity contribution in [2.75, 3.05) is 12.9 Å². The Morgan fingerprint density at radius 1 is 1.41 bits per heavy atom. The Bertz CT molecular complexity index is 682. The van der Waals surface area contributed by atoms with E-state index in [4.69, 9.17) is 4.74 Å². The number of hydrogen-bond acceptors (Lipinski definition) is 6. The van der Waals surface area contributed by atoms with Crippen molar-refractivity contribution < 1.29 is 9.53 Å². The Balaban J connectivity index is 2.08. The number of methoxy groups -OCH3 is 1. The Morgan fingerprint density at radius 3 is 2.73 bits per heavy atom. The van der Waals surface area contributed by atoms with E-state index in [1.54, 1.807) is 30.0 Å². The van der Waals surface area contributed by atoms with Gasteiger partial charge in [0.05, 0.1) is 22.9 Å². The number of ether oxygens (including phenoxy) is 1. The average molecular weight is 385 g/mol. The van der Waals surface area contributed by atoms with E-state index in [1.807, 2.05) is 20.8 Å². The van der Waals surface area contributed by atoms with Crippen LogP contribution in [0.1, 0.15) is 31.1 Å². The standard InChI is InChI=1S/C14H17BrN4O2S/c1-14(2,3)19-13(16-17-18-19)22-8-11(20)9-5-6-12(21-4)10(15)7-9/h5-7H,8H2,1-4H3. The number of carbonyl (C=O) groups excluding carboxylic acids is 1. The number of ketones is 1.